The average molecular weight is 455 g/mol. The van der Waals surface area contributed by atoms with Gasteiger partial charge in [-0.05, 0) is 59.7 Å². The van der Waals surface area contributed by atoms with Crippen LogP contribution in [-0.4, -0.2) is 20.0 Å². The zero-order chi connectivity index (χ0) is 23.7. The molecule has 0 fully saturated rings. The Kier molecular flexibility index (Phi) is 6.01. The van der Waals surface area contributed by atoms with Gasteiger partial charge in [0.05, 0.1) is 31.6 Å². The van der Waals surface area contributed by atoms with Crippen LogP contribution in [0.3, 0.4) is 0 Å². The molecule has 1 aliphatic heterocycles. The SMILES string of the molecule is CCc1ccc([C@H]2Nc3ccccc3NC3=C2C(=O)C[C@H](c2ccc(OC)c(OC)c2)C3)cc1. The van der Waals surface area contributed by atoms with E-state index in [9.17, 15) is 4.79 Å². The van der Waals surface area contributed by atoms with E-state index in [1.54, 1.807) is 14.2 Å². The Labute approximate surface area is 200 Å². The van der Waals surface area contributed by atoms with Crippen molar-refractivity contribution < 1.29 is 14.3 Å². The Hall–Kier alpha value is -3.73. The van der Waals surface area contributed by atoms with Gasteiger partial charge in [-0.25, -0.2) is 0 Å². The molecule has 0 amide bonds. The zero-order valence-corrected chi connectivity index (χ0v) is 19.9. The first-order valence-electron chi connectivity index (χ1n) is 11.8. The van der Waals surface area contributed by atoms with Gasteiger partial charge in [-0.2, -0.15) is 0 Å². The quantitative estimate of drug-likeness (QED) is 0.477. The summed E-state index contributed by atoms with van der Waals surface area (Å²) in [5.74, 6) is 1.60. The van der Waals surface area contributed by atoms with Crippen LogP contribution in [0.5, 0.6) is 11.5 Å². The molecular formula is C29H30N2O3. The summed E-state index contributed by atoms with van der Waals surface area (Å²) in [4.78, 5) is 13.7. The van der Waals surface area contributed by atoms with Gasteiger partial charge in [-0.3, -0.25) is 4.79 Å². The van der Waals surface area contributed by atoms with Gasteiger partial charge in [0.15, 0.2) is 17.3 Å². The van der Waals surface area contributed by atoms with E-state index in [0.717, 1.165) is 46.6 Å². The number of allylic oxidation sites excluding steroid dienone is 1. The number of methoxy groups -OCH3 is 2. The lowest BCUT2D eigenvalue weighted by atomic mass is 9.78. The number of aryl methyl sites for hydroxylation is 1. The van der Waals surface area contributed by atoms with Crippen molar-refractivity contribution in [1.82, 2.24) is 0 Å². The van der Waals surface area contributed by atoms with Crippen LogP contribution in [0.15, 0.2) is 78.0 Å². The molecule has 2 N–H and O–H groups in total. The lowest BCUT2D eigenvalue weighted by Crippen LogP contribution is -2.26. The molecule has 5 heteroatoms. The molecular weight excluding hydrogens is 424 g/mol. The van der Waals surface area contributed by atoms with Crippen LogP contribution in [0.25, 0.3) is 0 Å². The number of Topliss-reactive ketones (excluding diaryl/α,β-unsaturated/α-hetero) is 1. The molecule has 0 radical (unpaired) electrons. The number of ether oxygens (including phenoxy) is 2. The van der Waals surface area contributed by atoms with Crippen molar-refractivity contribution >= 4 is 17.2 Å². The molecule has 2 aliphatic rings. The number of carbonyl (C=O) groups excluding carboxylic acids is 1. The summed E-state index contributed by atoms with van der Waals surface area (Å²) in [6.45, 7) is 2.15. The number of ketones is 1. The van der Waals surface area contributed by atoms with Crippen LogP contribution >= 0.6 is 0 Å². The Bertz CT molecular complexity index is 1250. The van der Waals surface area contributed by atoms with Crippen LogP contribution in [0.4, 0.5) is 11.4 Å². The molecule has 34 heavy (non-hydrogen) atoms. The fraction of sp³-hybridized carbons (Fsp3) is 0.276. The number of fused-ring (bicyclic) bond motifs is 1. The fourth-order valence-electron chi connectivity index (χ4n) is 5.03. The third-order valence-electron chi connectivity index (χ3n) is 6.91. The van der Waals surface area contributed by atoms with E-state index in [1.165, 1.54) is 5.56 Å². The van der Waals surface area contributed by atoms with E-state index in [1.807, 2.05) is 30.3 Å². The van der Waals surface area contributed by atoms with Crippen molar-refractivity contribution in [3.05, 3.63) is 94.7 Å². The number of rotatable bonds is 5. The lowest BCUT2D eigenvalue weighted by molar-refractivity contribution is -0.116. The highest BCUT2D eigenvalue weighted by Crippen LogP contribution is 2.45. The first kappa shape index (κ1) is 22.1. The minimum Gasteiger partial charge on any atom is -0.493 e. The molecule has 1 aliphatic carbocycles. The van der Waals surface area contributed by atoms with Gasteiger partial charge in [-0.15, -0.1) is 0 Å². The molecule has 0 saturated heterocycles. The van der Waals surface area contributed by atoms with Crippen LogP contribution in [0.2, 0.25) is 0 Å². The van der Waals surface area contributed by atoms with Gasteiger partial charge in [0.1, 0.15) is 0 Å². The molecule has 174 valence electrons. The van der Waals surface area contributed by atoms with Gasteiger partial charge in [0.25, 0.3) is 0 Å². The Balaban J connectivity index is 1.56. The number of nitrogens with one attached hydrogen (secondary N) is 2. The van der Waals surface area contributed by atoms with E-state index in [4.69, 9.17) is 9.47 Å². The smallest absolute Gasteiger partial charge is 0.163 e. The van der Waals surface area contributed by atoms with Gasteiger partial charge in [0.2, 0.25) is 0 Å². The largest absolute Gasteiger partial charge is 0.493 e. The number of hydrogen-bond acceptors (Lipinski definition) is 5. The summed E-state index contributed by atoms with van der Waals surface area (Å²) >= 11 is 0. The standard InChI is InChI=1S/C29H30N2O3/c1-4-18-9-11-19(12-10-18)29-28-24(30-22-7-5-6-8-23(22)31-29)15-21(16-25(28)32)20-13-14-26(33-2)27(17-20)34-3/h5-14,17,21,29-31H,4,15-16H2,1-3H3/t21-,29-/m1/s1. The van der Waals surface area contributed by atoms with Crippen LogP contribution in [-0.2, 0) is 11.2 Å². The summed E-state index contributed by atoms with van der Waals surface area (Å²) in [6.07, 6.45) is 2.19. The first-order valence-corrected chi connectivity index (χ1v) is 11.8. The van der Waals surface area contributed by atoms with Crippen molar-refractivity contribution in [3.8, 4) is 11.5 Å². The number of para-hydroxylation sites is 2. The number of carbonyl (C=O) groups is 1. The summed E-state index contributed by atoms with van der Waals surface area (Å²) in [5.41, 5.74) is 7.26. The normalized spacial score (nSPS) is 19.3. The van der Waals surface area contributed by atoms with E-state index in [2.05, 4.69) is 54.0 Å². The summed E-state index contributed by atoms with van der Waals surface area (Å²) < 4.78 is 10.9. The van der Waals surface area contributed by atoms with Gasteiger partial charge >= 0.3 is 0 Å². The number of anilines is 2. The number of benzene rings is 3. The highest BCUT2D eigenvalue weighted by molar-refractivity contribution is 6.01. The molecule has 0 aromatic heterocycles. The van der Waals surface area contributed by atoms with Crippen molar-refractivity contribution in [2.45, 2.75) is 38.1 Å². The zero-order valence-electron chi connectivity index (χ0n) is 19.9. The van der Waals surface area contributed by atoms with E-state index < -0.39 is 0 Å². The average Bonchev–Trinajstić information content (AvgIpc) is 3.05. The second-order valence-corrected chi connectivity index (χ2v) is 8.88. The van der Waals surface area contributed by atoms with Gasteiger partial charge < -0.3 is 20.1 Å². The van der Waals surface area contributed by atoms with E-state index in [0.29, 0.717) is 17.9 Å². The molecule has 3 aromatic carbocycles. The summed E-state index contributed by atoms with van der Waals surface area (Å²) in [6, 6.07) is 22.5. The Morgan fingerprint density at radius 3 is 2.26 bits per heavy atom. The summed E-state index contributed by atoms with van der Waals surface area (Å²) in [5, 5.41) is 7.26. The highest BCUT2D eigenvalue weighted by atomic mass is 16.5. The van der Waals surface area contributed by atoms with E-state index >= 15 is 0 Å². The second-order valence-electron chi connectivity index (χ2n) is 8.88. The molecule has 0 unspecified atom stereocenters. The molecule has 3 aromatic rings. The lowest BCUT2D eigenvalue weighted by Gasteiger charge is -2.30. The first-order chi connectivity index (χ1) is 16.6. The van der Waals surface area contributed by atoms with Crippen LogP contribution in [0.1, 0.15) is 48.4 Å². The third-order valence-corrected chi connectivity index (χ3v) is 6.91. The molecule has 5 nitrogen and oxygen atoms in total. The third kappa shape index (κ3) is 4.03. The van der Waals surface area contributed by atoms with Gasteiger partial charge in [0, 0.05) is 17.7 Å². The minimum atomic E-state index is -0.198. The molecule has 0 bridgehead atoms. The molecule has 0 spiro atoms. The Morgan fingerprint density at radius 1 is 0.853 bits per heavy atom. The molecule has 2 atom stereocenters. The Morgan fingerprint density at radius 2 is 1.56 bits per heavy atom. The molecule has 1 heterocycles. The predicted octanol–water partition coefficient (Wildman–Crippen LogP) is 6.25. The second kappa shape index (κ2) is 9.26. The van der Waals surface area contributed by atoms with Crippen molar-refractivity contribution in [2.75, 3.05) is 24.9 Å². The maximum Gasteiger partial charge on any atom is 0.163 e. The van der Waals surface area contributed by atoms with Crippen molar-refractivity contribution in [3.63, 3.8) is 0 Å². The number of hydrogen-bond donors (Lipinski definition) is 2. The van der Waals surface area contributed by atoms with Crippen molar-refractivity contribution in [1.29, 1.82) is 0 Å². The van der Waals surface area contributed by atoms with Crippen molar-refractivity contribution in [2.24, 2.45) is 0 Å². The molecule has 5 rings (SSSR count). The van der Waals surface area contributed by atoms with Crippen LogP contribution in [0, 0.1) is 0 Å². The molecule has 0 saturated carbocycles. The van der Waals surface area contributed by atoms with Crippen LogP contribution < -0.4 is 20.1 Å². The highest BCUT2D eigenvalue weighted by Gasteiger charge is 2.36. The predicted molar refractivity (Wildman–Crippen MR) is 136 cm³/mol. The maximum atomic E-state index is 13.7. The summed E-state index contributed by atoms with van der Waals surface area (Å²) in [7, 11) is 3.27. The topological polar surface area (TPSA) is 59.6 Å². The van der Waals surface area contributed by atoms with Gasteiger partial charge in [-0.1, -0.05) is 49.4 Å². The maximum absolute atomic E-state index is 13.7. The van der Waals surface area contributed by atoms with E-state index in [-0.39, 0.29) is 17.7 Å². The minimum absolute atomic E-state index is 0.0620. The monoisotopic (exact) mass is 454 g/mol. The fourth-order valence-corrected chi connectivity index (χ4v) is 5.03.